The molecular formula is C16H24O2S. The van der Waals surface area contributed by atoms with Crippen LogP contribution in [0.5, 0.6) is 0 Å². The summed E-state index contributed by atoms with van der Waals surface area (Å²) in [6, 6.07) is 9.73. The van der Waals surface area contributed by atoms with Crippen molar-refractivity contribution in [3.63, 3.8) is 0 Å². The van der Waals surface area contributed by atoms with E-state index in [1.54, 1.807) is 0 Å². The molecule has 19 heavy (non-hydrogen) atoms. The summed E-state index contributed by atoms with van der Waals surface area (Å²) in [7, 11) is 0. The van der Waals surface area contributed by atoms with Crippen LogP contribution >= 0.6 is 11.8 Å². The number of thioether (sulfide) groups is 1. The van der Waals surface area contributed by atoms with Crippen LogP contribution in [0.1, 0.15) is 52.7 Å². The van der Waals surface area contributed by atoms with Crippen molar-refractivity contribution in [2.24, 2.45) is 0 Å². The normalized spacial score (nSPS) is 15.0. The minimum Gasteiger partial charge on any atom is -0.359 e. The molecule has 2 nitrogen and oxygen atoms in total. The Labute approximate surface area is 120 Å². The fraction of sp³-hybridized carbons (Fsp3) is 0.562. The van der Waals surface area contributed by atoms with E-state index in [2.05, 4.69) is 13.8 Å². The first-order chi connectivity index (χ1) is 8.83. The molecule has 0 aliphatic heterocycles. The largest absolute Gasteiger partial charge is 0.359 e. The first-order valence-corrected chi connectivity index (χ1v) is 7.64. The first-order valence-electron chi connectivity index (χ1n) is 6.76. The molecule has 106 valence electrons. The van der Waals surface area contributed by atoms with Crippen LogP contribution < -0.4 is 0 Å². The molecule has 0 fully saturated rings. The molecule has 0 unspecified atom stereocenters. The maximum absolute atomic E-state index is 12.4. The van der Waals surface area contributed by atoms with Crippen LogP contribution in [0.25, 0.3) is 0 Å². The van der Waals surface area contributed by atoms with Gasteiger partial charge in [-0.3, -0.25) is 4.79 Å². The summed E-state index contributed by atoms with van der Waals surface area (Å²) in [5.41, 5.74) is 0.588. The van der Waals surface area contributed by atoms with Gasteiger partial charge in [0.15, 0.2) is 6.10 Å². The molecule has 0 heterocycles. The standard InChI is InChI=1S/C16H24O2S/c1-6-12(2)19-15(17)14(18-16(3,4)5)13-10-8-7-9-11-13/h7-12,14H,6H2,1-5H3/t12-,14+/m0/s1. The van der Waals surface area contributed by atoms with Crippen molar-refractivity contribution in [3.05, 3.63) is 35.9 Å². The average Bonchev–Trinajstić information content (AvgIpc) is 2.35. The molecule has 0 saturated carbocycles. The van der Waals surface area contributed by atoms with E-state index in [9.17, 15) is 4.79 Å². The van der Waals surface area contributed by atoms with E-state index in [0.29, 0.717) is 5.25 Å². The molecule has 0 radical (unpaired) electrons. The Kier molecular flexibility index (Phi) is 6.08. The molecule has 0 saturated heterocycles. The molecule has 0 aliphatic rings. The number of carbonyl (C=O) groups excluding carboxylic acids is 1. The van der Waals surface area contributed by atoms with Gasteiger partial charge in [-0.15, -0.1) is 0 Å². The fourth-order valence-electron chi connectivity index (χ4n) is 1.58. The zero-order chi connectivity index (χ0) is 14.5. The summed E-state index contributed by atoms with van der Waals surface area (Å²) in [5, 5.41) is 0.415. The van der Waals surface area contributed by atoms with Crippen LogP contribution in [0.15, 0.2) is 30.3 Å². The van der Waals surface area contributed by atoms with Crippen LogP contribution in [0.3, 0.4) is 0 Å². The van der Waals surface area contributed by atoms with Gasteiger partial charge in [-0.05, 0) is 32.8 Å². The average molecular weight is 280 g/mol. The molecule has 3 heteroatoms. The highest BCUT2D eigenvalue weighted by molar-refractivity contribution is 8.14. The third kappa shape index (κ3) is 5.79. The second-order valence-electron chi connectivity index (χ2n) is 5.68. The molecule has 1 aromatic rings. The zero-order valence-electron chi connectivity index (χ0n) is 12.5. The molecule has 0 aliphatic carbocycles. The SMILES string of the molecule is CC[C@H](C)SC(=O)[C@H](OC(C)(C)C)c1ccccc1. The quantitative estimate of drug-likeness (QED) is 0.788. The maximum Gasteiger partial charge on any atom is 0.222 e. The van der Waals surface area contributed by atoms with Crippen molar-refractivity contribution >= 4 is 16.9 Å². The lowest BCUT2D eigenvalue weighted by atomic mass is 10.1. The lowest BCUT2D eigenvalue weighted by Gasteiger charge is -2.27. The van der Waals surface area contributed by atoms with Crippen LogP contribution in [0.2, 0.25) is 0 Å². The third-order valence-electron chi connectivity index (χ3n) is 2.68. The third-order valence-corrected chi connectivity index (χ3v) is 3.86. The maximum atomic E-state index is 12.4. The van der Waals surface area contributed by atoms with Gasteiger partial charge in [-0.1, -0.05) is 55.9 Å². The zero-order valence-corrected chi connectivity index (χ0v) is 13.3. The predicted octanol–water partition coefficient (Wildman–Crippen LogP) is 4.60. The Hall–Kier alpha value is -0.800. The van der Waals surface area contributed by atoms with Crippen molar-refractivity contribution in [1.82, 2.24) is 0 Å². The Morgan fingerprint density at radius 3 is 2.32 bits per heavy atom. The van der Waals surface area contributed by atoms with Gasteiger partial charge >= 0.3 is 0 Å². The molecule has 1 aromatic carbocycles. The van der Waals surface area contributed by atoms with E-state index in [1.807, 2.05) is 51.1 Å². The van der Waals surface area contributed by atoms with Gasteiger partial charge < -0.3 is 4.74 Å². The fourth-order valence-corrected chi connectivity index (χ4v) is 2.45. The molecule has 0 bridgehead atoms. The van der Waals surface area contributed by atoms with Crippen molar-refractivity contribution in [2.75, 3.05) is 0 Å². The van der Waals surface area contributed by atoms with Gasteiger partial charge in [0.1, 0.15) is 0 Å². The highest BCUT2D eigenvalue weighted by atomic mass is 32.2. The number of ether oxygens (including phenoxy) is 1. The Balaban J connectivity index is 2.90. The van der Waals surface area contributed by atoms with E-state index in [-0.39, 0.29) is 10.7 Å². The summed E-state index contributed by atoms with van der Waals surface area (Å²) >= 11 is 1.38. The Morgan fingerprint density at radius 2 is 1.84 bits per heavy atom. The van der Waals surface area contributed by atoms with Crippen molar-refractivity contribution in [3.8, 4) is 0 Å². The topological polar surface area (TPSA) is 26.3 Å². The summed E-state index contributed by atoms with van der Waals surface area (Å²) < 4.78 is 5.96. The number of carbonyl (C=O) groups is 1. The number of hydrogen-bond acceptors (Lipinski definition) is 3. The molecule has 1 rings (SSSR count). The Morgan fingerprint density at radius 1 is 1.26 bits per heavy atom. The van der Waals surface area contributed by atoms with Crippen molar-refractivity contribution < 1.29 is 9.53 Å². The van der Waals surface area contributed by atoms with E-state index >= 15 is 0 Å². The first kappa shape index (κ1) is 16.3. The molecular weight excluding hydrogens is 256 g/mol. The minimum atomic E-state index is -0.486. The summed E-state index contributed by atoms with van der Waals surface area (Å²) in [5.74, 6) is 0. The Bertz CT molecular complexity index is 395. The monoisotopic (exact) mass is 280 g/mol. The van der Waals surface area contributed by atoms with Gasteiger partial charge in [0.05, 0.1) is 5.60 Å². The van der Waals surface area contributed by atoms with E-state index in [1.165, 1.54) is 11.8 Å². The highest BCUT2D eigenvalue weighted by Gasteiger charge is 2.28. The van der Waals surface area contributed by atoms with Crippen LogP contribution in [0.4, 0.5) is 0 Å². The summed E-state index contributed by atoms with van der Waals surface area (Å²) in [4.78, 5) is 12.4. The van der Waals surface area contributed by atoms with Gasteiger partial charge in [-0.2, -0.15) is 0 Å². The van der Waals surface area contributed by atoms with Crippen LogP contribution in [-0.4, -0.2) is 16.0 Å². The van der Waals surface area contributed by atoms with E-state index < -0.39 is 6.10 Å². The van der Waals surface area contributed by atoms with Gasteiger partial charge in [0.25, 0.3) is 0 Å². The van der Waals surface area contributed by atoms with Gasteiger partial charge in [0.2, 0.25) is 5.12 Å². The molecule has 0 aromatic heterocycles. The molecule has 0 N–H and O–H groups in total. The number of benzene rings is 1. The molecule has 2 atom stereocenters. The second-order valence-corrected chi connectivity index (χ2v) is 7.12. The van der Waals surface area contributed by atoms with Crippen LogP contribution in [0, 0.1) is 0 Å². The molecule has 0 spiro atoms. The van der Waals surface area contributed by atoms with Crippen molar-refractivity contribution in [1.29, 1.82) is 0 Å². The predicted molar refractivity (Wildman–Crippen MR) is 82.4 cm³/mol. The summed E-state index contributed by atoms with van der Waals surface area (Å²) in [6.45, 7) is 10.1. The highest BCUT2D eigenvalue weighted by Crippen LogP contribution is 2.31. The lowest BCUT2D eigenvalue weighted by Crippen LogP contribution is -2.27. The number of hydrogen-bond donors (Lipinski definition) is 0. The van der Waals surface area contributed by atoms with E-state index in [0.717, 1.165) is 12.0 Å². The van der Waals surface area contributed by atoms with Crippen LogP contribution in [-0.2, 0) is 9.53 Å². The minimum absolute atomic E-state index is 0.0930. The lowest BCUT2D eigenvalue weighted by molar-refractivity contribution is -0.132. The smallest absolute Gasteiger partial charge is 0.222 e. The van der Waals surface area contributed by atoms with Crippen molar-refractivity contribution in [2.45, 2.75) is 58.0 Å². The number of rotatable bonds is 5. The molecule has 0 amide bonds. The summed E-state index contributed by atoms with van der Waals surface area (Å²) in [6.07, 6.45) is 0.494. The van der Waals surface area contributed by atoms with E-state index in [4.69, 9.17) is 4.74 Å². The van der Waals surface area contributed by atoms with Gasteiger partial charge in [0, 0.05) is 5.25 Å². The second kappa shape index (κ2) is 7.11. The van der Waals surface area contributed by atoms with Gasteiger partial charge in [-0.25, -0.2) is 0 Å².